The number of fused-ring (bicyclic) bond motifs is 9. The highest BCUT2D eigenvalue weighted by Crippen LogP contribution is 2.59. The first-order chi connectivity index (χ1) is 34.7. The van der Waals surface area contributed by atoms with E-state index in [-0.39, 0.29) is 0 Å². The van der Waals surface area contributed by atoms with Crippen molar-refractivity contribution >= 4 is 70.4 Å². The summed E-state index contributed by atoms with van der Waals surface area (Å²) >= 11 is 1.87. The summed E-state index contributed by atoms with van der Waals surface area (Å²) in [5, 5.41) is 5.17. The fourth-order valence-electron chi connectivity index (χ4n) is 11.7. The van der Waals surface area contributed by atoms with Gasteiger partial charge < -0.3 is 9.47 Å². The molecule has 0 spiro atoms. The summed E-state index contributed by atoms with van der Waals surface area (Å²) in [6.07, 6.45) is 0. The summed E-state index contributed by atoms with van der Waals surface area (Å²) in [7, 11) is 0. The first kappa shape index (κ1) is 40.3. The third kappa shape index (κ3) is 6.12. The van der Waals surface area contributed by atoms with Crippen molar-refractivity contribution in [3.05, 3.63) is 289 Å². The summed E-state index contributed by atoms with van der Waals surface area (Å²) in [5.41, 5.74) is 18.8. The molecule has 0 radical (unpaired) electrons. The molecule has 0 amide bonds. The fraction of sp³-hybridized carbons (Fsp3) is 0.0149. The van der Waals surface area contributed by atoms with Gasteiger partial charge in [-0.15, -0.1) is 11.3 Å². The van der Waals surface area contributed by atoms with Crippen molar-refractivity contribution in [2.24, 2.45) is 0 Å². The van der Waals surface area contributed by atoms with Gasteiger partial charge >= 0.3 is 0 Å². The smallest absolute Gasteiger partial charge is 0.0714 e. The zero-order valence-corrected chi connectivity index (χ0v) is 39.0. The highest BCUT2D eigenvalue weighted by molar-refractivity contribution is 7.25. The number of anilines is 3. The Morgan fingerprint density at radius 3 is 1.49 bits per heavy atom. The molecule has 328 valence electrons. The van der Waals surface area contributed by atoms with Gasteiger partial charge in [0.2, 0.25) is 0 Å². The Bertz CT molecular complexity index is 4000. The maximum absolute atomic E-state index is 2.47. The van der Waals surface area contributed by atoms with Crippen molar-refractivity contribution in [2.45, 2.75) is 5.41 Å². The summed E-state index contributed by atoms with van der Waals surface area (Å²) in [6.45, 7) is 0. The largest absolute Gasteiger partial charge is 0.310 e. The van der Waals surface area contributed by atoms with Crippen LogP contribution in [0, 0.1) is 0 Å². The van der Waals surface area contributed by atoms with Crippen LogP contribution in [0.5, 0.6) is 0 Å². The van der Waals surface area contributed by atoms with E-state index >= 15 is 0 Å². The van der Waals surface area contributed by atoms with Crippen molar-refractivity contribution in [1.82, 2.24) is 4.57 Å². The molecule has 1 aliphatic carbocycles. The van der Waals surface area contributed by atoms with E-state index in [1.807, 2.05) is 11.3 Å². The molecule has 0 N–H and O–H groups in total. The van der Waals surface area contributed by atoms with E-state index in [9.17, 15) is 0 Å². The second-order valence-corrected chi connectivity index (χ2v) is 19.4. The molecule has 2 heterocycles. The number of thiophene rings is 1. The topological polar surface area (TPSA) is 8.17 Å². The van der Waals surface area contributed by atoms with Gasteiger partial charge in [0, 0.05) is 53.6 Å². The number of para-hydroxylation sites is 2. The fourth-order valence-corrected chi connectivity index (χ4v) is 12.8. The van der Waals surface area contributed by atoms with E-state index in [1.54, 1.807) is 0 Å². The third-order valence-corrected chi connectivity index (χ3v) is 15.8. The van der Waals surface area contributed by atoms with Crippen LogP contribution in [0.15, 0.2) is 267 Å². The molecule has 11 aromatic carbocycles. The Kier molecular flexibility index (Phi) is 9.33. The van der Waals surface area contributed by atoms with E-state index in [1.165, 1.54) is 97.6 Å². The molecule has 0 unspecified atom stereocenters. The van der Waals surface area contributed by atoms with Crippen LogP contribution in [0.1, 0.15) is 22.3 Å². The molecule has 14 rings (SSSR count). The first-order valence-electron chi connectivity index (χ1n) is 24.1. The van der Waals surface area contributed by atoms with Crippen LogP contribution < -0.4 is 4.90 Å². The molecule has 0 fully saturated rings. The van der Waals surface area contributed by atoms with Gasteiger partial charge in [-0.3, -0.25) is 0 Å². The van der Waals surface area contributed by atoms with Crippen LogP contribution in [-0.4, -0.2) is 4.57 Å². The molecular weight excluding hydrogens is 865 g/mol. The highest BCUT2D eigenvalue weighted by atomic mass is 32.1. The molecule has 13 aromatic rings. The third-order valence-electron chi connectivity index (χ3n) is 14.7. The van der Waals surface area contributed by atoms with Gasteiger partial charge in [0.05, 0.1) is 22.1 Å². The van der Waals surface area contributed by atoms with E-state index < -0.39 is 5.41 Å². The summed E-state index contributed by atoms with van der Waals surface area (Å²) < 4.78 is 5.00. The van der Waals surface area contributed by atoms with Crippen molar-refractivity contribution in [1.29, 1.82) is 0 Å². The quantitative estimate of drug-likeness (QED) is 0.147. The molecule has 0 saturated carbocycles. The second kappa shape index (κ2) is 16.2. The Balaban J connectivity index is 0.925. The average Bonchev–Trinajstić information content (AvgIpc) is 4.09. The molecule has 0 saturated heterocycles. The number of nitrogens with zero attached hydrogens (tertiary/aromatic N) is 2. The van der Waals surface area contributed by atoms with Crippen molar-refractivity contribution in [3.8, 4) is 39.1 Å². The Labute approximate surface area is 411 Å². The normalized spacial score (nSPS) is 12.7. The predicted molar refractivity (Wildman–Crippen MR) is 297 cm³/mol. The lowest BCUT2D eigenvalue weighted by Crippen LogP contribution is -2.28. The molecule has 70 heavy (non-hydrogen) atoms. The summed E-state index contributed by atoms with van der Waals surface area (Å²) in [4.78, 5) is 2.47. The molecule has 0 atom stereocenters. The van der Waals surface area contributed by atoms with Crippen LogP contribution in [-0.2, 0) is 5.41 Å². The maximum atomic E-state index is 2.47. The number of rotatable bonds is 8. The zero-order valence-electron chi connectivity index (χ0n) is 38.2. The minimum Gasteiger partial charge on any atom is -0.310 e. The Morgan fingerprint density at radius 1 is 0.343 bits per heavy atom. The van der Waals surface area contributed by atoms with Gasteiger partial charge in [0.25, 0.3) is 0 Å². The molecule has 0 bridgehead atoms. The van der Waals surface area contributed by atoms with Crippen molar-refractivity contribution in [3.63, 3.8) is 0 Å². The number of hydrogen-bond donors (Lipinski definition) is 0. The molecule has 3 heteroatoms. The van der Waals surface area contributed by atoms with Crippen LogP contribution in [0.4, 0.5) is 17.1 Å². The van der Waals surface area contributed by atoms with Gasteiger partial charge in [-0.2, -0.15) is 0 Å². The zero-order chi connectivity index (χ0) is 46.2. The maximum Gasteiger partial charge on any atom is 0.0714 e. The molecule has 1 aliphatic rings. The van der Waals surface area contributed by atoms with Gasteiger partial charge in [0.1, 0.15) is 0 Å². The Morgan fingerprint density at radius 2 is 0.829 bits per heavy atom. The van der Waals surface area contributed by atoms with Gasteiger partial charge in [-0.25, -0.2) is 0 Å². The number of aromatic nitrogens is 1. The number of hydrogen-bond acceptors (Lipinski definition) is 2. The lowest BCUT2D eigenvalue weighted by atomic mass is 9.68. The van der Waals surface area contributed by atoms with E-state index in [2.05, 4.69) is 276 Å². The minimum absolute atomic E-state index is 0.517. The summed E-state index contributed by atoms with van der Waals surface area (Å²) in [5.74, 6) is 0. The molecule has 0 aliphatic heterocycles. The monoisotopic (exact) mass is 908 g/mol. The highest BCUT2D eigenvalue weighted by Gasteiger charge is 2.47. The second-order valence-electron chi connectivity index (χ2n) is 18.4. The van der Waals surface area contributed by atoms with Crippen LogP contribution >= 0.6 is 11.3 Å². The lowest BCUT2D eigenvalue weighted by Gasteiger charge is -2.34. The van der Waals surface area contributed by atoms with Crippen molar-refractivity contribution in [2.75, 3.05) is 4.90 Å². The SMILES string of the molecule is c1ccc(C2(c3ccccc3)c3ccccc3-c3c(N(c4ccc(-c5ccc(-n6c7ccccc7c7ccccc76)cc5)cc4)c4ccc(-c5cccc6sc7ccccc7c56)cc4)cccc32)cc1. The predicted octanol–water partition coefficient (Wildman–Crippen LogP) is 18.3. The van der Waals surface area contributed by atoms with Gasteiger partial charge in [-0.05, 0) is 117 Å². The van der Waals surface area contributed by atoms with E-state index in [4.69, 9.17) is 0 Å². The van der Waals surface area contributed by atoms with E-state index in [0.29, 0.717) is 0 Å². The lowest BCUT2D eigenvalue weighted by molar-refractivity contribution is 0.768. The van der Waals surface area contributed by atoms with Crippen LogP contribution in [0.3, 0.4) is 0 Å². The van der Waals surface area contributed by atoms with Crippen LogP contribution in [0.25, 0.3) is 81.0 Å². The molecular formula is C67H44N2S. The van der Waals surface area contributed by atoms with Crippen LogP contribution in [0.2, 0.25) is 0 Å². The van der Waals surface area contributed by atoms with Gasteiger partial charge in [-0.1, -0.05) is 200 Å². The van der Waals surface area contributed by atoms with E-state index in [0.717, 1.165) is 22.7 Å². The van der Waals surface area contributed by atoms with Gasteiger partial charge in [0.15, 0.2) is 0 Å². The Hall–Kier alpha value is -8.76. The molecule has 2 nitrogen and oxygen atoms in total. The average molecular weight is 909 g/mol. The summed E-state index contributed by atoms with van der Waals surface area (Å²) in [6, 6.07) is 98.5. The first-order valence-corrected chi connectivity index (χ1v) is 24.9. The standard InChI is InChI=1S/C67H44N2S/c1-3-17-48(18-4-1)67(49-19-5-2-6-20-49)58-26-11-7-23-56(58)66-59(67)27-16-30-62(66)68(51-43-37-47(38-44-51)53-25-15-32-64-65(53)57-24-10-14-31-63(57)70-64)50-39-33-45(34-40-50)46-35-41-52(42-36-46)69-60-28-12-8-21-54(60)55-22-9-13-29-61(55)69/h1-44H. The van der Waals surface area contributed by atoms with Crippen molar-refractivity contribution < 1.29 is 0 Å². The number of benzene rings is 11. The minimum atomic E-state index is -0.517. The molecule has 2 aromatic heterocycles.